The highest BCUT2D eigenvalue weighted by Gasteiger charge is 2.24. The predicted molar refractivity (Wildman–Crippen MR) is 224 cm³/mol. The first-order valence-electron chi connectivity index (χ1n) is 17.3. The molecule has 324 valence electrons. The quantitative estimate of drug-likeness (QED) is 0.0223. The van der Waals surface area contributed by atoms with E-state index < -0.39 is 67.1 Å². The van der Waals surface area contributed by atoms with Crippen molar-refractivity contribution < 1.29 is 63.5 Å². The molecule has 0 saturated carbocycles. The number of benzene rings is 6. The first-order chi connectivity index (χ1) is 29.7. The molecular weight excluding hydrogens is 891 g/mol. The Labute approximate surface area is 356 Å². The Hall–Kier alpha value is -7.55. The van der Waals surface area contributed by atoms with Crippen LogP contribution in [-0.4, -0.2) is 68.3 Å². The standard InChI is InChI=1S/C38H29N7O15S3/c1-59-32-20-31(43-44-37-36(63(56,57)58)16-23-15-25(10-14-29(23)38(37)47)40-39-24-8-12-28(46)13-9-24)33(60-2)19-30(32)42-41-26-7-5-21(34(17-26)61(50,51)52)3-4-22-6-11-27(45(48)49)18-35(22)62(53,54)55/h3-20,46-47H,1-2H3,(H,50,51,52)(H,53,54,55)(H,56,57,58)/b4-3+,40-39+,42-41+,44-43?. The van der Waals surface area contributed by atoms with Gasteiger partial charge < -0.3 is 19.7 Å². The van der Waals surface area contributed by atoms with Crippen molar-refractivity contribution in [2.75, 3.05) is 14.2 Å². The number of methoxy groups -OCH3 is 2. The second kappa shape index (κ2) is 17.8. The van der Waals surface area contributed by atoms with E-state index >= 15 is 0 Å². The summed E-state index contributed by atoms with van der Waals surface area (Å²) in [4.78, 5) is 7.91. The van der Waals surface area contributed by atoms with Gasteiger partial charge in [-0.1, -0.05) is 18.2 Å². The summed E-state index contributed by atoms with van der Waals surface area (Å²) in [5.41, 5.74) is -1.27. The number of azo groups is 3. The summed E-state index contributed by atoms with van der Waals surface area (Å²) in [7, 11) is -12.4. The summed E-state index contributed by atoms with van der Waals surface area (Å²) in [6, 6.07) is 19.7. The monoisotopic (exact) mass is 919 g/mol. The summed E-state index contributed by atoms with van der Waals surface area (Å²) in [5, 5.41) is 56.3. The van der Waals surface area contributed by atoms with Gasteiger partial charge in [-0.25, -0.2) is 0 Å². The van der Waals surface area contributed by atoms with Gasteiger partial charge in [0, 0.05) is 29.7 Å². The van der Waals surface area contributed by atoms with Gasteiger partial charge in [-0.2, -0.15) is 40.6 Å². The van der Waals surface area contributed by atoms with Gasteiger partial charge >= 0.3 is 0 Å². The summed E-state index contributed by atoms with van der Waals surface area (Å²) in [5.74, 6) is -0.698. The van der Waals surface area contributed by atoms with Crippen molar-refractivity contribution in [1.29, 1.82) is 0 Å². The lowest BCUT2D eigenvalue weighted by molar-refractivity contribution is -0.385. The van der Waals surface area contributed by atoms with Gasteiger partial charge in [-0.05, 0) is 83.2 Å². The van der Waals surface area contributed by atoms with Gasteiger partial charge in [0.1, 0.15) is 49.0 Å². The maximum atomic E-state index is 12.5. The van der Waals surface area contributed by atoms with Crippen LogP contribution in [0.5, 0.6) is 23.0 Å². The molecule has 0 unspecified atom stereocenters. The van der Waals surface area contributed by atoms with Crippen molar-refractivity contribution in [2.24, 2.45) is 30.7 Å². The van der Waals surface area contributed by atoms with Crippen LogP contribution in [0.25, 0.3) is 22.9 Å². The van der Waals surface area contributed by atoms with E-state index in [1.165, 1.54) is 80.9 Å². The largest absolute Gasteiger partial charge is 0.508 e. The highest BCUT2D eigenvalue weighted by molar-refractivity contribution is 7.86. The van der Waals surface area contributed by atoms with Crippen LogP contribution in [0.1, 0.15) is 11.1 Å². The minimum Gasteiger partial charge on any atom is -0.508 e. The third kappa shape index (κ3) is 10.5. The smallest absolute Gasteiger partial charge is 0.296 e. The molecule has 0 aliphatic carbocycles. The molecule has 0 heterocycles. The number of nitro groups is 1. The Balaban J connectivity index is 1.32. The van der Waals surface area contributed by atoms with Gasteiger partial charge in [0.15, 0.2) is 5.75 Å². The van der Waals surface area contributed by atoms with Crippen molar-refractivity contribution in [3.63, 3.8) is 0 Å². The molecule has 6 aromatic rings. The number of rotatable bonds is 14. The average Bonchev–Trinajstić information content (AvgIpc) is 3.23. The Morgan fingerprint density at radius 3 is 1.59 bits per heavy atom. The molecule has 0 aromatic heterocycles. The van der Waals surface area contributed by atoms with Gasteiger partial charge in [-0.3, -0.25) is 23.8 Å². The van der Waals surface area contributed by atoms with Crippen molar-refractivity contribution in [3.8, 4) is 23.0 Å². The number of aromatic hydroxyl groups is 2. The molecule has 0 saturated heterocycles. The van der Waals surface area contributed by atoms with Crippen LogP contribution >= 0.6 is 0 Å². The van der Waals surface area contributed by atoms with Crippen molar-refractivity contribution in [2.45, 2.75) is 14.7 Å². The molecule has 22 nitrogen and oxygen atoms in total. The zero-order chi connectivity index (χ0) is 45.9. The molecule has 0 aliphatic heterocycles. The molecule has 0 atom stereocenters. The summed E-state index contributed by atoms with van der Waals surface area (Å²) >= 11 is 0. The van der Waals surface area contributed by atoms with E-state index in [4.69, 9.17) is 9.47 Å². The lowest BCUT2D eigenvalue weighted by Gasteiger charge is -2.11. The van der Waals surface area contributed by atoms with Gasteiger partial charge in [0.05, 0.1) is 36.2 Å². The summed E-state index contributed by atoms with van der Waals surface area (Å²) in [6.45, 7) is 0. The van der Waals surface area contributed by atoms with Crippen LogP contribution < -0.4 is 9.47 Å². The molecule has 0 radical (unpaired) electrons. The van der Waals surface area contributed by atoms with Gasteiger partial charge in [0.2, 0.25) is 0 Å². The normalized spacial score (nSPS) is 12.6. The van der Waals surface area contributed by atoms with E-state index in [-0.39, 0.29) is 61.9 Å². The van der Waals surface area contributed by atoms with Crippen LogP contribution in [0.3, 0.4) is 0 Å². The van der Waals surface area contributed by atoms with E-state index in [2.05, 4.69) is 30.7 Å². The highest BCUT2D eigenvalue weighted by atomic mass is 32.2. The maximum absolute atomic E-state index is 12.5. The summed E-state index contributed by atoms with van der Waals surface area (Å²) in [6.07, 6.45) is 2.12. The lowest BCUT2D eigenvalue weighted by atomic mass is 10.1. The number of phenols is 2. The number of non-ortho nitro benzene ring substituents is 1. The van der Waals surface area contributed by atoms with E-state index in [0.29, 0.717) is 11.8 Å². The van der Waals surface area contributed by atoms with Crippen LogP contribution in [0.2, 0.25) is 0 Å². The molecular formula is C38H29N7O15S3. The van der Waals surface area contributed by atoms with Crippen molar-refractivity contribution in [3.05, 3.63) is 118 Å². The molecule has 0 amide bonds. The van der Waals surface area contributed by atoms with Gasteiger partial charge in [0.25, 0.3) is 36.0 Å². The van der Waals surface area contributed by atoms with E-state index in [0.717, 1.165) is 36.4 Å². The fourth-order valence-corrected chi connectivity index (χ4v) is 7.76. The fraction of sp³-hybridized carbons (Fsp3) is 0.0526. The number of phenolic OH excluding ortho intramolecular Hbond substituents is 2. The predicted octanol–water partition coefficient (Wildman–Crippen LogP) is 9.33. The number of hydrogen-bond acceptors (Lipinski definition) is 18. The first kappa shape index (κ1) is 45.0. The number of nitrogens with zero attached hydrogens (tertiary/aromatic N) is 7. The number of fused-ring (bicyclic) bond motifs is 1. The van der Waals surface area contributed by atoms with E-state index in [1.807, 2.05) is 0 Å². The average molecular weight is 920 g/mol. The lowest BCUT2D eigenvalue weighted by Crippen LogP contribution is -2.02. The van der Waals surface area contributed by atoms with Crippen LogP contribution in [0.4, 0.5) is 39.8 Å². The molecule has 6 rings (SSSR count). The number of ether oxygens (including phenoxy) is 2. The Kier molecular flexibility index (Phi) is 12.7. The van der Waals surface area contributed by atoms with Crippen molar-refractivity contribution in [1.82, 2.24) is 0 Å². The zero-order valence-electron chi connectivity index (χ0n) is 32.1. The zero-order valence-corrected chi connectivity index (χ0v) is 34.5. The highest BCUT2D eigenvalue weighted by Crippen LogP contribution is 2.45. The number of nitro benzene ring substituents is 1. The molecule has 25 heteroatoms. The second-order valence-corrected chi connectivity index (χ2v) is 16.9. The third-order valence-electron chi connectivity index (χ3n) is 8.66. The Bertz CT molecular complexity index is 3290. The maximum Gasteiger partial charge on any atom is 0.296 e. The second-order valence-electron chi connectivity index (χ2n) is 12.7. The molecule has 0 fully saturated rings. The molecule has 6 aromatic carbocycles. The summed E-state index contributed by atoms with van der Waals surface area (Å²) < 4.78 is 114. The fourth-order valence-electron chi connectivity index (χ4n) is 5.69. The topological polar surface area (TPSA) is 339 Å². The van der Waals surface area contributed by atoms with Crippen LogP contribution in [0.15, 0.2) is 142 Å². The number of hydrogen-bond donors (Lipinski definition) is 5. The molecule has 63 heavy (non-hydrogen) atoms. The first-order valence-corrected chi connectivity index (χ1v) is 21.6. The van der Waals surface area contributed by atoms with Crippen LogP contribution in [-0.2, 0) is 30.4 Å². The van der Waals surface area contributed by atoms with Crippen molar-refractivity contribution >= 4 is 93.1 Å². The SMILES string of the molecule is COc1cc(/N=N/c2ccc(/C=C/c3ccc([N+](=O)[O-])cc3S(=O)(=O)O)c(S(=O)(=O)O)c2)c(OC)cc1N=Nc1c(S(=O)(=O)O)cc2cc(/N=N/c3ccc(O)cc3)ccc2c1O. The van der Waals surface area contributed by atoms with Gasteiger partial charge in [-0.15, -0.1) is 15.3 Å². The Morgan fingerprint density at radius 1 is 0.556 bits per heavy atom. The van der Waals surface area contributed by atoms with E-state index in [1.54, 1.807) is 0 Å². The van der Waals surface area contributed by atoms with E-state index in [9.17, 15) is 59.2 Å². The third-order valence-corrected chi connectivity index (χ3v) is 11.3. The Morgan fingerprint density at radius 2 is 1.03 bits per heavy atom. The molecule has 0 spiro atoms. The molecule has 5 N–H and O–H groups in total. The van der Waals surface area contributed by atoms with Crippen LogP contribution in [0, 0.1) is 10.1 Å². The minimum atomic E-state index is -5.02. The molecule has 0 bridgehead atoms. The minimum absolute atomic E-state index is 0.0208. The molecule has 0 aliphatic rings.